The minimum Gasteiger partial charge on any atom is -0.478 e. The van der Waals surface area contributed by atoms with E-state index in [4.69, 9.17) is 0 Å². The molecule has 4 aromatic carbocycles. The maximum Gasteiger partial charge on any atom is 0.335 e. The van der Waals surface area contributed by atoms with E-state index in [1.54, 1.807) is 12.1 Å². The van der Waals surface area contributed by atoms with Crippen LogP contribution in [0.25, 0.3) is 10.8 Å². The smallest absolute Gasteiger partial charge is 0.335 e. The number of para-hydroxylation sites is 1. The van der Waals surface area contributed by atoms with Gasteiger partial charge in [-0.1, -0.05) is 73.2 Å². The highest BCUT2D eigenvalue weighted by molar-refractivity contribution is 7.81. The van der Waals surface area contributed by atoms with E-state index >= 15 is 0 Å². The second-order valence-electron chi connectivity index (χ2n) is 8.21. The molecule has 0 aliphatic carbocycles. The topological polar surface area (TPSA) is 77.8 Å². The Kier molecular flexibility index (Phi) is 7.72. The van der Waals surface area contributed by atoms with Crippen molar-refractivity contribution in [3.63, 3.8) is 0 Å². The third-order valence-corrected chi connectivity index (χ3v) is 6.69. The lowest BCUT2D eigenvalue weighted by atomic mass is 9.99. The van der Waals surface area contributed by atoms with Gasteiger partial charge in [0, 0.05) is 0 Å². The molecule has 0 aromatic heterocycles. The third-order valence-electron chi connectivity index (χ3n) is 5.97. The minimum atomic E-state index is -2.22. The second kappa shape index (κ2) is 11.1. The number of hydrogen-bond acceptors (Lipinski definition) is 2. The molecule has 0 aliphatic heterocycles. The fourth-order valence-electron chi connectivity index (χ4n) is 4.29. The Balaban J connectivity index is 1.46. The van der Waals surface area contributed by atoms with Crippen LogP contribution in [0.1, 0.15) is 40.7 Å². The molecule has 0 saturated carbocycles. The van der Waals surface area contributed by atoms with Gasteiger partial charge in [-0.05, 0) is 71.8 Å². The molecule has 34 heavy (non-hydrogen) atoms. The van der Waals surface area contributed by atoms with E-state index in [2.05, 4.69) is 0 Å². The number of benzene rings is 4. The summed E-state index contributed by atoms with van der Waals surface area (Å²) in [5, 5.41) is 11.4. The van der Waals surface area contributed by atoms with E-state index < -0.39 is 17.2 Å². The van der Waals surface area contributed by atoms with Gasteiger partial charge in [-0.25, -0.2) is 13.3 Å². The highest BCUT2D eigenvalue weighted by Gasteiger charge is 2.18. The predicted octanol–water partition coefficient (Wildman–Crippen LogP) is 6.77. The van der Waals surface area contributed by atoms with Gasteiger partial charge >= 0.3 is 5.97 Å². The normalized spacial score (nSPS) is 11.9. The first-order chi connectivity index (χ1) is 16.5. The number of nitrogens with zero attached hydrogens (tertiary/aromatic N) is 1. The van der Waals surface area contributed by atoms with Crippen molar-refractivity contribution in [1.82, 2.24) is 0 Å². The van der Waals surface area contributed by atoms with Crippen LogP contribution in [-0.4, -0.2) is 19.8 Å². The zero-order valence-electron chi connectivity index (χ0n) is 18.8. The Morgan fingerprint density at radius 2 is 1.35 bits per heavy atom. The standard InChI is InChI=1S/C28H27NO4S/c30-28(31)26-16-8-6-12-22(26)11-2-1-3-13-23-14-7-9-17-27(23)29(34(32)33)25-19-18-21-10-4-5-15-24(21)20-25/h4-10,12,14-20H,1-3,11,13H2,(H,30,31)(H,32,33). The number of unbranched alkanes of at least 4 members (excludes halogenated alkanes) is 2. The van der Waals surface area contributed by atoms with Crippen molar-refractivity contribution in [3.8, 4) is 0 Å². The maximum atomic E-state index is 12.4. The van der Waals surface area contributed by atoms with Gasteiger partial charge in [-0.15, -0.1) is 0 Å². The van der Waals surface area contributed by atoms with Crippen LogP contribution in [0.15, 0.2) is 91.0 Å². The van der Waals surface area contributed by atoms with Crippen molar-refractivity contribution in [2.75, 3.05) is 4.31 Å². The molecule has 2 N–H and O–H groups in total. The van der Waals surface area contributed by atoms with Crippen LogP contribution in [0.5, 0.6) is 0 Å². The summed E-state index contributed by atoms with van der Waals surface area (Å²) in [5.74, 6) is -0.893. The van der Waals surface area contributed by atoms with Gasteiger partial charge in [0.15, 0.2) is 0 Å². The summed E-state index contributed by atoms with van der Waals surface area (Å²) in [5.41, 5.74) is 3.61. The SMILES string of the molecule is O=C(O)c1ccccc1CCCCCc1ccccc1N(c1ccc2ccccc2c1)S(=O)O. The van der Waals surface area contributed by atoms with Gasteiger partial charge in [-0.2, -0.15) is 0 Å². The molecule has 0 fully saturated rings. The lowest BCUT2D eigenvalue weighted by Crippen LogP contribution is -2.20. The lowest BCUT2D eigenvalue weighted by molar-refractivity contribution is 0.0695. The van der Waals surface area contributed by atoms with Crippen LogP contribution in [-0.2, 0) is 24.1 Å². The number of carboxylic acid groups (broad SMARTS) is 1. The number of carbonyl (C=O) groups is 1. The molecule has 0 spiro atoms. The summed E-state index contributed by atoms with van der Waals surface area (Å²) >= 11 is -2.22. The van der Waals surface area contributed by atoms with E-state index in [0.717, 1.165) is 53.3 Å². The Hall–Kier alpha value is -3.48. The van der Waals surface area contributed by atoms with Crippen LogP contribution in [0.4, 0.5) is 11.4 Å². The molecule has 174 valence electrons. The molecule has 0 aliphatic rings. The van der Waals surface area contributed by atoms with Gasteiger partial charge in [-0.3, -0.25) is 4.55 Å². The molecule has 6 heteroatoms. The zero-order chi connectivity index (χ0) is 23.9. The van der Waals surface area contributed by atoms with E-state index in [0.29, 0.717) is 17.7 Å². The van der Waals surface area contributed by atoms with Crippen molar-refractivity contribution in [2.45, 2.75) is 32.1 Å². The van der Waals surface area contributed by atoms with Crippen LogP contribution < -0.4 is 4.31 Å². The molecular formula is C28H27NO4S. The average Bonchev–Trinajstić information content (AvgIpc) is 2.84. The number of rotatable bonds is 10. The monoisotopic (exact) mass is 473 g/mol. The molecule has 0 amide bonds. The summed E-state index contributed by atoms with van der Waals surface area (Å²) in [6.07, 6.45) is 4.19. The number of aromatic carboxylic acids is 1. The molecule has 5 nitrogen and oxygen atoms in total. The van der Waals surface area contributed by atoms with Gasteiger partial charge in [0.05, 0.1) is 16.9 Å². The summed E-state index contributed by atoms with van der Waals surface area (Å²) < 4.78 is 24.0. The van der Waals surface area contributed by atoms with Crippen LogP contribution >= 0.6 is 0 Å². The predicted molar refractivity (Wildman–Crippen MR) is 138 cm³/mol. The summed E-state index contributed by atoms with van der Waals surface area (Å²) in [6, 6.07) is 28.5. The van der Waals surface area contributed by atoms with Gasteiger partial charge in [0.2, 0.25) is 0 Å². The fraction of sp³-hybridized carbons (Fsp3) is 0.179. The maximum absolute atomic E-state index is 12.4. The van der Waals surface area contributed by atoms with E-state index in [-0.39, 0.29) is 0 Å². The third kappa shape index (κ3) is 5.53. The quantitative estimate of drug-likeness (QED) is 0.197. The van der Waals surface area contributed by atoms with Crippen LogP contribution in [0.2, 0.25) is 0 Å². The molecule has 0 radical (unpaired) electrons. The van der Waals surface area contributed by atoms with Gasteiger partial charge in [0.25, 0.3) is 11.3 Å². The summed E-state index contributed by atoms with van der Waals surface area (Å²) in [6.45, 7) is 0. The number of fused-ring (bicyclic) bond motifs is 1. The van der Waals surface area contributed by atoms with E-state index in [1.807, 2.05) is 78.9 Å². The molecule has 0 heterocycles. The molecule has 1 unspecified atom stereocenters. The van der Waals surface area contributed by atoms with Gasteiger partial charge in [0.1, 0.15) is 0 Å². The summed E-state index contributed by atoms with van der Waals surface area (Å²) in [4.78, 5) is 11.4. The first-order valence-corrected chi connectivity index (χ1v) is 12.4. The van der Waals surface area contributed by atoms with Gasteiger partial charge < -0.3 is 5.11 Å². The van der Waals surface area contributed by atoms with E-state index in [1.165, 1.54) is 4.31 Å². The Bertz CT molecular complexity index is 1320. The Morgan fingerprint density at radius 3 is 2.09 bits per heavy atom. The fourth-order valence-corrected chi connectivity index (χ4v) is 4.93. The van der Waals surface area contributed by atoms with E-state index in [9.17, 15) is 18.7 Å². The second-order valence-corrected chi connectivity index (χ2v) is 9.03. The first kappa shape index (κ1) is 23.7. The molecule has 4 rings (SSSR count). The lowest BCUT2D eigenvalue weighted by Gasteiger charge is -2.23. The molecule has 4 aromatic rings. The summed E-state index contributed by atoms with van der Waals surface area (Å²) in [7, 11) is 0. The van der Waals surface area contributed by atoms with Crippen molar-refractivity contribution in [2.24, 2.45) is 0 Å². The molecular weight excluding hydrogens is 446 g/mol. The zero-order valence-corrected chi connectivity index (χ0v) is 19.6. The first-order valence-electron chi connectivity index (χ1n) is 11.3. The van der Waals surface area contributed by atoms with Crippen molar-refractivity contribution < 1.29 is 18.7 Å². The molecule has 0 bridgehead atoms. The van der Waals surface area contributed by atoms with Crippen molar-refractivity contribution >= 4 is 39.4 Å². The average molecular weight is 474 g/mol. The Labute approximate surface area is 202 Å². The molecule has 0 saturated heterocycles. The highest BCUT2D eigenvalue weighted by atomic mass is 32.2. The highest BCUT2D eigenvalue weighted by Crippen LogP contribution is 2.33. The van der Waals surface area contributed by atoms with Crippen molar-refractivity contribution in [3.05, 3.63) is 108 Å². The largest absolute Gasteiger partial charge is 0.478 e. The number of carboxylic acids is 1. The molecule has 1 atom stereocenters. The van der Waals surface area contributed by atoms with Crippen molar-refractivity contribution in [1.29, 1.82) is 0 Å². The number of aryl methyl sites for hydroxylation is 2. The number of hydrogen-bond donors (Lipinski definition) is 2. The Morgan fingerprint density at radius 1 is 0.735 bits per heavy atom. The number of anilines is 2. The van der Waals surface area contributed by atoms with Crippen LogP contribution in [0.3, 0.4) is 0 Å². The van der Waals surface area contributed by atoms with Crippen LogP contribution in [0, 0.1) is 0 Å². The minimum absolute atomic E-state index is 0.365.